The van der Waals surface area contributed by atoms with E-state index in [9.17, 15) is 9.59 Å². The van der Waals surface area contributed by atoms with Crippen LogP contribution in [0.1, 0.15) is 20.9 Å². The van der Waals surface area contributed by atoms with Crippen molar-refractivity contribution in [2.75, 3.05) is 23.9 Å². The summed E-state index contributed by atoms with van der Waals surface area (Å²) in [5, 5.41) is 3.33. The van der Waals surface area contributed by atoms with Gasteiger partial charge in [-0.05, 0) is 26.0 Å². The van der Waals surface area contributed by atoms with Crippen LogP contribution in [0.15, 0.2) is 18.2 Å². The first-order valence-electron chi connectivity index (χ1n) is 6.75. The molecule has 0 saturated carbocycles. The van der Waals surface area contributed by atoms with Crippen LogP contribution >= 0.6 is 11.3 Å². The van der Waals surface area contributed by atoms with Gasteiger partial charge < -0.3 is 9.64 Å². The van der Waals surface area contributed by atoms with Crippen molar-refractivity contribution in [2.24, 2.45) is 0 Å². The van der Waals surface area contributed by atoms with Gasteiger partial charge in [0.25, 0.3) is 11.8 Å². The van der Waals surface area contributed by atoms with Crippen LogP contribution in [0, 0.1) is 13.8 Å². The molecule has 22 heavy (non-hydrogen) atoms. The highest BCUT2D eigenvalue weighted by molar-refractivity contribution is 7.15. The number of aromatic nitrogens is 1. The fraction of sp³-hybridized carbons (Fsp3) is 0.267. The summed E-state index contributed by atoms with van der Waals surface area (Å²) in [6.45, 7) is 3.79. The maximum absolute atomic E-state index is 12.5. The van der Waals surface area contributed by atoms with Gasteiger partial charge in [0, 0.05) is 11.9 Å². The van der Waals surface area contributed by atoms with Crippen LogP contribution in [0.3, 0.4) is 0 Å². The highest BCUT2D eigenvalue weighted by Crippen LogP contribution is 2.35. The fourth-order valence-electron chi connectivity index (χ4n) is 2.18. The van der Waals surface area contributed by atoms with Gasteiger partial charge in [-0.15, -0.1) is 11.3 Å². The van der Waals surface area contributed by atoms with Crippen molar-refractivity contribution in [1.29, 1.82) is 0 Å². The molecular weight excluding hydrogens is 302 g/mol. The summed E-state index contributed by atoms with van der Waals surface area (Å²) in [6, 6.07) is 5.15. The molecule has 2 amide bonds. The van der Waals surface area contributed by atoms with Gasteiger partial charge in [0.15, 0.2) is 17.5 Å². The number of anilines is 2. The summed E-state index contributed by atoms with van der Waals surface area (Å²) in [4.78, 5) is 31.0. The third-order valence-electron chi connectivity index (χ3n) is 3.56. The van der Waals surface area contributed by atoms with E-state index in [-0.39, 0.29) is 18.4 Å². The Morgan fingerprint density at radius 2 is 2.18 bits per heavy atom. The molecule has 3 rings (SSSR count). The van der Waals surface area contributed by atoms with Gasteiger partial charge in [0.05, 0.1) is 16.9 Å². The number of aryl methyl sites for hydroxylation is 2. The summed E-state index contributed by atoms with van der Waals surface area (Å²) in [5.74, 6) is -0.0170. The molecule has 0 saturated heterocycles. The Bertz CT molecular complexity index is 750. The minimum absolute atomic E-state index is 0.0662. The second kappa shape index (κ2) is 5.42. The molecule has 0 atom stereocenters. The van der Waals surface area contributed by atoms with E-state index >= 15 is 0 Å². The van der Waals surface area contributed by atoms with Crippen molar-refractivity contribution in [3.8, 4) is 5.75 Å². The van der Waals surface area contributed by atoms with Gasteiger partial charge in [0.2, 0.25) is 0 Å². The number of fused-ring (bicyclic) bond motifs is 1. The number of nitrogens with one attached hydrogen (secondary N) is 1. The summed E-state index contributed by atoms with van der Waals surface area (Å²) >= 11 is 1.43. The Hall–Kier alpha value is -2.41. The summed E-state index contributed by atoms with van der Waals surface area (Å²) in [6.07, 6.45) is 0. The SMILES string of the molecule is Cc1nc(NC(=O)c2cccc3c2OCC(=O)N3C)sc1C. The number of benzene rings is 1. The van der Waals surface area contributed by atoms with E-state index in [4.69, 9.17) is 4.74 Å². The molecule has 0 aliphatic carbocycles. The van der Waals surface area contributed by atoms with Crippen LogP contribution in [0.5, 0.6) is 5.75 Å². The zero-order valence-electron chi connectivity index (χ0n) is 12.5. The highest BCUT2D eigenvalue weighted by Gasteiger charge is 2.27. The largest absolute Gasteiger partial charge is 0.481 e. The number of para-hydroxylation sites is 1. The first-order chi connectivity index (χ1) is 10.5. The van der Waals surface area contributed by atoms with Crippen molar-refractivity contribution in [2.45, 2.75) is 13.8 Å². The first-order valence-corrected chi connectivity index (χ1v) is 7.57. The quantitative estimate of drug-likeness (QED) is 0.923. The fourth-order valence-corrected chi connectivity index (χ4v) is 2.98. The Morgan fingerprint density at radius 3 is 2.86 bits per heavy atom. The van der Waals surface area contributed by atoms with E-state index in [1.165, 1.54) is 16.2 Å². The Labute approximate surface area is 131 Å². The minimum atomic E-state index is -0.298. The molecule has 1 N–H and O–H groups in total. The molecule has 2 heterocycles. The van der Waals surface area contributed by atoms with E-state index in [0.29, 0.717) is 22.1 Å². The number of hydrogen-bond donors (Lipinski definition) is 1. The van der Waals surface area contributed by atoms with Crippen molar-refractivity contribution in [3.05, 3.63) is 34.3 Å². The monoisotopic (exact) mass is 317 g/mol. The highest BCUT2D eigenvalue weighted by atomic mass is 32.1. The maximum atomic E-state index is 12.5. The summed E-state index contributed by atoms with van der Waals surface area (Å²) in [7, 11) is 1.67. The molecule has 6 nitrogen and oxygen atoms in total. The molecule has 1 aliphatic heterocycles. The number of amides is 2. The van der Waals surface area contributed by atoms with Crippen LogP contribution in [0.4, 0.5) is 10.8 Å². The number of ether oxygens (including phenoxy) is 1. The van der Waals surface area contributed by atoms with Gasteiger partial charge in [-0.3, -0.25) is 14.9 Å². The van der Waals surface area contributed by atoms with Gasteiger partial charge >= 0.3 is 0 Å². The molecule has 1 aromatic carbocycles. The molecule has 1 aliphatic rings. The van der Waals surface area contributed by atoms with E-state index < -0.39 is 0 Å². The zero-order chi connectivity index (χ0) is 15.9. The lowest BCUT2D eigenvalue weighted by molar-refractivity contribution is -0.121. The van der Waals surface area contributed by atoms with E-state index in [0.717, 1.165) is 10.6 Å². The third kappa shape index (κ3) is 2.43. The Kier molecular flexibility index (Phi) is 3.58. The number of likely N-dealkylation sites (N-methyl/N-ethyl adjacent to an activating group) is 1. The second-order valence-electron chi connectivity index (χ2n) is 5.01. The van der Waals surface area contributed by atoms with Crippen molar-refractivity contribution >= 4 is 34.0 Å². The molecule has 0 unspecified atom stereocenters. The minimum Gasteiger partial charge on any atom is -0.481 e. The molecular formula is C15H15N3O3S. The lowest BCUT2D eigenvalue weighted by Crippen LogP contribution is -2.36. The van der Waals surface area contributed by atoms with Crippen LogP contribution in [0.2, 0.25) is 0 Å². The van der Waals surface area contributed by atoms with Gasteiger partial charge in [-0.2, -0.15) is 0 Å². The van der Waals surface area contributed by atoms with Gasteiger partial charge in [-0.1, -0.05) is 6.07 Å². The molecule has 114 valence electrons. The van der Waals surface area contributed by atoms with Crippen LogP contribution < -0.4 is 15.0 Å². The molecule has 1 aromatic heterocycles. The molecule has 0 radical (unpaired) electrons. The van der Waals surface area contributed by atoms with Gasteiger partial charge in [-0.25, -0.2) is 4.98 Å². The molecule has 7 heteroatoms. The van der Waals surface area contributed by atoms with Crippen LogP contribution in [-0.2, 0) is 4.79 Å². The third-order valence-corrected chi connectivity index (χ3v) is 4.55. The van der Waals surface area contributed by atoms with E-state index in [2.05, 4.69) is 10.3 Å². The van der Waals surface area contributed by atoms with E-state index in [1.807, 2.05) is 13.8 Å². The smallest absolute Gasteiger partial charge is 0.264 e. The summed E-state index contributed by atoms with van der Waals surface area (Å²) in [5.41, 5.74) is 1.88. The molecule has 0 bridgehead atoms. The van der Waals surface area contributed by atoms with Crippen LogP contribution in [0.25, 0.3) is 0 Å². The van der Waals surface area contributed by atoms with Crippen molar-refractivity contribution in [3.63, 3.8) is 0 Å². The van der Waals surface area contributed by atoms with E-state index in [1.54, 1.807) is 25.2 Å². The van der Waals surface area contributed by atoms with Gasteiger partial charge in [0.1, 0.15) is 0 Å². The first kappa shape index (κ1) is 14.5. The molecule has 2 aromatic rings. The average Bonchev–Trinajstić information content (AvgIpc) is 2.80. The lowest BCUT2D eigenvalue weighted by atomic mass is 10.1. The summed E-state index contributed by atoms with van der Waals surface area (Å²) < 4.78 is 5.46. The Balaban J connectivity index is 1.92. The lowest BCUT2D eigenvalue weighted by Gasteiger charge is -2.27. The number of thiazole rings is 1. The average molecular weight is 317 g/mol. The Morgan fingerprint density at radius 1 is 1.41 bits per heavy atom. The van der Waals surface area contributed by atoms with Crippen molar-refractivity contribution in [1.82, 2.24) is 4.98 Å². The molecule has 0 spiro atoms. The number of hydrogen-bond acceptors (Lipinski definition) is 5. The maximum Gasteiger partial charge on any atom is 0.264 e. The molecule has 0 fully saturated rings. The zero-order valence-corrected chi connectivity index (χ0v) is 13.3. The number of rotatable bonds is 2. The number of carbonyl (C=O) groups excluding carboxylic acids is 2. The van der Waals surface area contributed by atoms with Crippen molar-refractivity contribution < 1.29 is 14.3 Å². The standard InChI is InChI=1S/C15H15N3O3S/c1-8-9(2)22-15(16-8)17-14(20)10-5-4-6-11-13(10)21-7-12(19)18(11)3/h4-6H,7H2,1-3H3,(H,16,17,20). The van der Waals surface area contributed by atoms with Crippen LogP contribution in [-0.4, -0.2) is 30.5 Å². The number of carbonyl (C=O) groups is 2. The second-order valence-corrected chi connectivity index (χ2v) is 6.21. The predicted octanol–water partition coefficient (Wildman–Crippen LogP) is 2.37. The topological polar surface area (TPSA) is 71.5 Å². The predicted molar refractivity (Wildman–Crippen MR) is 84.9 cm³/mol. The number of nitrogens with zero attached hydrogens (tertiary/aromatic N) is 2. The normalized spacial score (nSPS) is 13.6.